The highest BCUT2D eigenvalue weighted by atomic mass is 32.2. The molecule has 0 spiro atoms. The van der Waals surface area contributed by atoms with Gasteiger partial charge in [-0.2, -0.15) is 0 Å². The van der Waals surface area contributed by atoms with Crippen LogP contribution in [0.5, 0.6) is 0 Å². The molecule has 128 valence electrons. The van der Waals surface area contributed by atoms with E-state index in [0.29, 0.717) is 18.7 Å². The minimum absolute atomic E-state index is 0.0347. The summed E-state index contributed by atoms with van der Waals surface area (Å²) in [7, 11) is 0. The van der Waals surface area contributed by atoms with Crippen LogP contribution in [0, 0.1) is 11.2 Å². The molecule has 1 amide bonds. The maximum absolute atomic E-state index is 12.9. The zero-order chi connectivity index (χ0) is 17.8. The predicted octanol–water partition coefficient (Wildman–Crippen LogP) is 3.20. The van der Waals surface area contributed by atoms with Crippen LogP contribution in [0.4, 0.5) is 4.39 Å². The predicted molar refractivity (Wildman–Crippen MR) is 98.4 cm³/mol. The van der Waals surface area contributed by atoms with Gasteiger partial charge in [0.15, 0.2) is 5.17 Å². The van der Waals surface area contributed by atoms with E-state index in [2.05, 4.69) is 5.32 Å². The van der Waals surface area contributed by atoms with Crippen LogP contribution in [0.15, 0.2) is 59.6 Å². The zero-order valence-corrected chi connectivity index (χ0v) is 14.1. The molecular weight excluding hydrogens is 339 g/mol. The van der Waals surface area contributed by atoms with Gasteiger partial charge in [0.1, 0.15) is 5.82 Å². The first-order valence-electron chi connectivity index (χ1n) is 7.68. The average Bonchev–Trinajstić information content (AvgIpc) is 2.93. The molecule has 7 heteroatoms. The Morgan fingerprint density at radius 1 is 1.20 bits per heavy atom. The quantitative estimate of drug-likeness (QED) is 0.373. The van der Waals surface area contributed by atoms with Gasteiger partial charge < -0.3 is 15.6 Å². The SMILES string of the molecule is N=C(N)Sc1cn(CCNC(=O)c2ccc(F)cc2)c2ccccc12. The number of amidine groups is 1. The van der Waals surface area contributed by atoms with Crippen molar-refractivity contribution in [3.8, 4) is 0 Å². The highest BCUT2D eigenvalue weighted by Crippen LogP contribution is 2.29. The minimum atomic E-state index is -0.370. The maximum atomic E-state index is 12.9. The Balaban J connectivity index is 1.70. The summed E-state index contributed by atoms with van der Waals surface area (Å²) in [6.07, 6.45) is 1.93. The van der Waals surface area contributed by atoms with Gasteiger partial charge in [-0.25, -0.2) is 4.39 Å². The largest absolute Gasteiger partial charge is 0.378 e. The van der Waals surface area contributed by atoms with Crippen molar-refractivity contribution < 1.29 is 9.18 Å². The van der Waals surface area contributed by atoms with Gasteiger partial charge in [-0.3, -0.25) is 10.2 Å². The Bertz CT molecular complexity index is 920. The molecule has 2 aromatic carbocycles. The number of fused-ring (bicyclic) bond motifs is 1. The van der Waals surface area contributed by atoms with Crippen molar-refractivity contribution in [2.45, 2.75) is 11.4 Å². The van der Waals surface area contributed by atoms with Crippen LogP contribution in [-0.2, 0) is 6.54 Å². The van der Waals surface area contributed by atoms with Crippen molar-refractivity contribution in [2.75, 3.05) is 6.54 Å². The lowest BCUT2D eigenvalue weighted by Gasteiger charge is -2.07. The highest BCUT2D eigenvalue weighted by Gasteiger charge is 2.10. The van der Waals surface area contributed by atoms with Gasteiger partial charge in [0.25, 0.3) is 5.91 Å². The van der Waals surface area contributed by atoms with Crippen molar-refractivity contribution >= 4 is 33.7 Å². The van der Waals surface area contributed by atoms with E-state index in [9.17, 15) is 9.18 Å². The number of para-hydroxylation sites is 1. The highest BCUT2D eigenvalue weighted by molar-refractivity contribution is 8.13. The molecule has 5 nitrogen and oxygen atoms in total. The smallest absolute Gasteiger partial charge is 0.251 e. The lowest BCUT2D eigenvalue weighted by molar-refractivity contribution is 0.0952. The molecule has 3 rings (SSSR count). The summed E-state index contributed by atoms with van der Waals surface area (Å²) >= 11 is 1.20. The molecule has 3 aromatic rings. The summed E-state index contributed by atoms with van der Waals surface area (Å²) in [6.45, 7) is 1.00. The van der Waals surface area contributed by atoms with E-state index in [4.69, 9.17) is 11.1 Å². The lowest BCUT2D eigenvalue weighted by atomic mass is 10.2. The molecule has 0 aliphatic rings. The fraction of sp³-hybridized carbons (Fsp3) is 0.111. The summed E-state index contributed by atoms with van der Waals surface area (Å²) in [5.74, 6) is -0.611. The number of nitrogens with one attached hydrogen (secondary N) is 2. The Hall–Kier alpha value is -2.80. The standard InChI is InChI=1S/C18H17FN4OS/c19-13-7-5-12(6-8-13)17(24)22-9-10-23-11-16(25-18(20)21)14-3-1-2-4-15(14)23/h1-8,11H,9-10H2,(H3,20,21)(H,22,24). The number of carbonyl (C=O) groups excluding carboxylic acids is 1. The van der Waals surface area contributed by atoms with Gasteiger partial charge in [0.2, 0.25) is 0 Å². The summed E-state index contributed by atoms with van der Waals surface area (Å²) in [5.41, 5.74) is 6.93. The normalized spacial score (nSPS) is 10.8. The zero-order valence-electron chi connectivity index (χ0n) is 13.3. The Morgan fingerprint density at radius 3 is 2.64 bits per heavy atom. The van der Waals surface area contributed by atoms with E-state index < -0.39 is 0 Å². The van der Waals surface area contributed by atoms with Gasteiger partial charge in [-0.05, 0) is 30.3 Å². The van der Waals surface area contributed by atoms with Gasteiger partial charge in [-0.1, -0.05) is 30.0 Å². The molecule has 0 unspecified atom stereocenters. The summed E-state index contributed by atoms with van der Waals surface area (Å²) in [6, 6.07) is 13.3. The summed E-state index contributed by atoms with van der Waals surface area (Å²) < 4.78 is 14.9. The van der Waals surface area contributed by atoms with Crippen LogP contribution < -0.4 is 11.1 Å². The van der Waals surface area contributed by atoms with Crippen molar-refractivity contribution in [3.63, 3.8) is 0 Å². The van der Waals surface area contributed by atoms with Crippen molar-refractivity contribution in [2.24, 2.45) is 5.73 Å². The first-order valence-corrected chi connectivity index (χ1v) is 8.50. The van der Waals surface area contributed by atoms with E-state index in [-0.39, 0.29) is 16.9 Å². The lowest BCUT2D eigenvalue weighted by Crippen LogP contribution is -2.27. The van der Waals surface area contributed by atoms with Gasteiger partial charge in [-0.15, -0.1) is 0 Å². The molecule has 0 saturated carbocycles. The number of benzene rings is 2. The van der Waals surface area contributed by atoms with Crippen LogP contribution in [0.3, 0.4) is 0 Å². The molecule has 0 aliphatic carbocycles. The molecule has 0 radical (unpaired) electrons. The van der Waals surface area contributed by atoms with Crippen LogP contribution in [0.25, 0.3) is 10.9 Å². The molecule has 4 N–H and O–H groups in total. The third-order valence-electron chi connectivity index (χ3n) is 3.72. The second kappa shape index (κ2) is 7.40. The molecule has 0 atom stereocenters. The molecule has 25 heavy (non-hydrogen) atoms. The molecule has 0 fully saturated rings. The number of nitrogens with zero attached hydrogens (tertiary/aromatic N) is 1. The first-order chi connectivity index (χ1) is 12.0. The van der Waals surface area contributed by atoms with Crippen molar-refractivity contribution in [1.82, 2.24) is 9.88 Å². The molecule has 1 heterocycles. The molecule has 1 aromatic heterocycles. The van der Waals surface area contributed by atoms with Crippen molar-refractivity contribution in [1.29, 1.82) is 5.41 Å². The monoisotopic (exact) mass is 356 g/mol. The average molecular weight is 356 g/mol. The van der Waals surface area contributed by atoms with Crippen LogP contribution >= 0.6 is 11.8 Å². The third-order valence-corrected chi connectivity index (χ3v) is 4.48. The Labute approximate surface area is 148 Å². The third kappa shape index (κ3) is 4.00. The van der Waals surface area contributed by atoms with Crippen LogP contribution in [-0.4, -0.2) is 22.2 Å². The number of thioether (sulfide) groups is 1. The number of halogens is 1. The number of aromatic nitrogens is 1. The second-order valence-corrected chi connectivity index (χ2v) is 6.52. The minimum Gasteiger partial charge on any atom is -0.378 e. The molecule has 0 bridgehead atoms. The van der Waals surface area contributed by atoms with Gasteiger partial charge in [0.05, 0.1) is 0 Å². The maximum Gasteiger partial charge on any atom is 0.251 e. The van der Waals surface area contributed by atoms with Gasteiger partial charge >= 0.3 is 0 Å². The number of hydrogen-bond donors (Lipinski definition) is 3. The summed E-state index contributed by atoms with van der Waals surface area (Å²) in [4.78, 5) is 13.0. The van der Waals surface area contributed by atoms with Crippen molar-refractivity contribution in [3.05, 3.63) is 66.1 Å². The number of hydrogen-bond acceptors (Lipinski definition) is 3. The van der Waals surface area contributed by atoms with E-state index in [0.717, 1.165) is 15.8 Å². The van der Waals surface area contributed by atoms with E-state index >= 15 is 0 Å². The topological polar surface area (TPSA) is 83.9 Å². The molecular formula is C18H17FN4OS. The first kappa shape index (κ1) is 17.0. The van der Waals surface area contributed by atoms with Gasteiger partial charge in [0, 0.05) is 40.6 Å². The fourth-order valence-electron chi connectivity index (χ4n) is 2.59. The summed E-state index contributed by atoms with van der Waals surface area (Å²) in [5, 5.41) is 11.4. The van der Waals surface area contributed by atoms with Crippen LogP contribution in [0.1, 0.15) is 10.4 Å². The Kier molecular flexibility index (Phi) is 5.04. The number of rotatable bonds is 5. The van der Waals surface area contributed by atoms with E-state index in [1.165, 1.54) is 36.0 Å². The van der Waals surface area contributed by atoms with Crippen LogP contribution in [0.2, 0.25) is 0 Å². The van der Waals surface area contributed by atoms with E-state index in [1.807, 2.05) is 35.0 Å². The molecule has 0 saturated heterocycles. The number of carbonyl (C=O) groups is 1. The fourth-order valence-corrected chi connectivity index (χ4v) is 3.29. The number of amides is 1. The second-order valence-electron chi connectivity index (χ2n) is 5.43. The number of nitrogens with two attached hydrogens (primary N) is 1. The molecule has 0 aliphatic heterocycles. The Morgan fingerprint density at radius 2 is 1.92 bits per heavy atom. The van der Waals surface area contributed by atoms with E-state index in [1.54, 1.807) is 0 Å².